The molecular formula is C25H42N6O3S. The molecule has 4 heterocycles. The second-order valence-electron chi connectivity index (χ2n) is 10.1. The highest BCUT2D eigenvalue weighted by Crippen LogP contribution is 2.33. The number of piperazine rings is 1. The van der Waals surface area contributed by atoms with E-state index in [9.17, 15) is 14.4 Å². The Morgan fingerprint density at radius 2 is 1.77 bits per heavy atom. The normalized spacial score (nSPS) is 27.6. The summed E-state index contributed by atoms with van der Waals surface area (Å²) in [6.45, 7) is 8.19. The fourth-order valence-electron chi connectivity index (χ4n) is 5.43. The fraction of sp³-hybridized carbons (Fsp3) is 0.800. The zero-order valence-corrected chi connectivity index (χ0v) is 21.7. The van der Waals surface area contributed by atoms with E-state index in [0.717, 1.165) is 90.2 Å². The third-order valence-electron chi connectivity index (χ3n) is 7.59. The molecule has 35 heavy (non-hydrogen) atoms. The van der Waals surface area contributed by atoms with Crippen LogP contribution in [0.25, 0.3) is 0 Å². The van der Waals surface area contributed by atoms with Gasteiger partial charge in [-0.1, -0.05) is 12.5 Å². The Balaban J connectivity index is 0.994. The van der Waals surface area contributed by atoms with Gasteiger partial charge in [0.25, 0.3) is 0 Å². The van der Waals surface area contributed by atoms with Crippen LogP contribution in [0.15, 0.2) is 12.2 Å². The van der Waals surface area contributed by atoms with E-state index in [4.69, 9.17) is 0 Å². The summed E-state index contributed by atoms with van der Waals surface area (Å²) in [7, 11) is 0. The number of nitrogens with zero attached hydrogens (tertiary/aromatic N) is 3. The summed E-state index contributed by atoms with van der Waals surface area (Å²) in [6.07, 6.45) is 10.8. The van der Waals surface area contributed by atoms with Crippen molar-refractivity contribution in [1.82, 2.24) is 30.7 Å². The number of hydrogen-bond donors (Lipinski definition) is 3. The van der Waals surface area contributed by atoms with E-state index in [0.29, 0.717) is 18.2 Å². The molecule has 0 aromatic carbocycles. The summed E-state index contributed by atoms with van der Waals surface area (Å²) in [4.78, 5) is 42.6. The maximum absolute atomic E-state index is 12.2. The van der Waals surface area contributed by atoms with Gasteiger partial charge in [-0.15, -0.1) is 0 Å². The molecule has 0 radical (unpaired) electrons. The largest absolute Gasteiger partial charge is 0.355 e. The van der Waals surface area contributed by atoms with Crippen molar-refractivity contribution in [3.63, 3.8) is 0 Å². The number of carbonyl (C=O) groups excluding carboxylic acids is 3. The smallest absolute Gasteiger partial charge is 0.315 e. The highest BCUT2D eigenvalue weighted by atomic mass is 32.2. The molecule has 4 aliphatic rings. The van der Waals surface area contributed by atoms with Crippen molar-refractivity contribution in [3.8, 4) is 0 Å². The summed E-state index contributed by atoms with van der Waals surface area (Å²) < 4.78 is 0. The lowest BCUT2D eigenvalue weighted by molar-refractivity contribution is -0.127. The molecule has 4 aliphatic heterocycles. The first-order valence-electron chi connectivity index (χ1n) is 13.4. The topological polar surface area (TPSA) is 97.0 Å². The van der Waals surface area contributed by atoms with E-state index >= 15 is 0 Å². The lowest BCUT2D eigenvalue weighted by Gasteiger charge is -2.34. The quantitative estimate of drug-likeness (QED) is 0.220. The van der Waals surface area contributed by atoms with E-state index in [2.05, 4.69) is 25.8 Å². The molecule has 0 unspecified atom stereocenters. The van der Waals surface area contributed by atoms with Crippen molar-refractivity contribution in [3.05, 3.63) is 12.2 Å². The van der Waals surface area contributed by atoms with Crippen LogP contribution in [0.5, 0.6) is 0 Å². The number of piperidine rings is 1. The number of amides is 4. The Hall–Kier alpha value is -1.78. The molecule has 0 aliphatic carbocycles. The summed E-state index contributed by atoms with van der Waals surface area (Å²) >= 11 is 1.93. The fourth-order valence-corrected chi connectivity index (χ4v) is 6.98. The molecule has 196 valence electrons. The van der Waals surface area contributed by atoms with Crippen LogP contribution in [-0.2, 0) is 9.59 Å². The van der Waals surface area contributed by atoms with Gasteiger partial charge in [0.1, 0.15) is 0 Å². The van der Waals surface area contributed by atoms with Crippen molar-refractivity contribution in [2.24, 2.45) is 0 Å². The standard InChI is InChI=1S/C25H42N6O3S/c32-22(8-3-2-7-21-24-20(19-35-21)27-25(34)28-24)26-10-14-30-17-15-29(16-18-30)11-6-9-23(33)31-12-4-1-5-13-31/h6,9,20-21,24H,1-5,7-8,10-19H2,(H,26,32)(H2,27,28,34)/b9-6+/t20-,21-,24-/m0/s1. The Kier molecular flexibility index (Phi) is 10.1. The second-order valence-corrected chi connectivity index (χ2v) is 11.4. The van der Waals surface area contributed by atoms with Crippen molar-refractivity contribution >= 4 is 29.6 Å². The second kappa shape index (κ2) is 13.5. The zero-order valence-electron chi connectivity index (χ0n) is 20.9. The van der Waals surface area contributed by atoms with Crippen molar-refractivity contribution in [1.29, 1.82) is 0 Å². The lowest BCUT2D eigenvalue weighted by Crippen LogP contribution is -2.48. The maximum atomic E-state index is 12.2. The molecule has 0 aromatic rings. The number of fused-ring (bicyclic) bond motifs is 1. The van der Waals surface area contributed by atoms with Crippen LogP contribution in [0.2, 0.25) is 0 Å². The van der Waals surface area contributed by atoms with E-state index in [1.165, 1.54) is 6.42 Å². The molecule has 4 rings (SSSR count). The molecule has 0 bridgehead atoms. The molecule has 0 saturated carbocycles. The van der Waals surface area contributed by atoms with E-state index in [1.54, 1.807) is 6.08 Å². The average Bonchev–Trinajstić information content (AvgIpc) is 3.42. The minimum absolute atomic E-state index is 0.0392. The van der Waals surface area contributed by atoms with E-state index < -0.39 is 0 Å². The van der Waals surface area contributed by atoms with Gasteiger partial charge < -0.3 is 20.9 Å². The number of unbranched alkanes of at least 4 members (excludes halogenated alkanes) is 1. The zero-order chi connectivity index (χ0) is 24.5. The molecule has 10 heteroatoms. The lowest BCUT2D eigenvalue weighted by atomic mass is 10.0. The van der Waals surface area contributed by atoms with Gasteiger partial charge in [0, 0.05) is 82.4 Å². The van der Waals surface area contributed by atoms with Gasteiger partial charge in [0.05, 0.1) is 12.1 Å². The minimum atomic E-state index is -0.0392. The van der Waals surface area contributed by atoms with Gasteiger partial charge in [0.2, 0.25) is 11.8 Å². The number of carbonyl (C=O) groups is 3. The Bertz CT molecular complexity index is 751. The predicted molar refractivity (Wildman–Crippen MR) is 139 cm³/mol. The molecule has 4 fully saturated rings. The SMILES string of the molecule is O=C(CCCC[C@@H]1SC[C@@H]2NC(=O)N[C@@H]21)NCCN1CCN(C/C=C/C(=O)N2CCCCC2)CC1. The van der Waals surface area contributed by atoms with Crippen LogP contribution < -0.4 is 16.0 Å². The molecule has 3 N–H and O–H groups in total. The highest BCUT2D eigenvalue weighted by Gasteiger charge is 2.42. The van der Waals surface area contributed by atoms with E-state index in [1.807, 2.05) is 22.7 Å². The first-order chi connectivity index (χ1) is 17.1. The van der Waals surface area contributed by atoms with Crippen LogP contribution in [0, 0.1) is 0 Å². The number of hydrogen-bond acceptors (Lipinski definition) is 6. The number of urea groups is 1. The third kappa shape index (κ3) is 8.11. The monoisotopic (exact) mass is 506 g/mol. The molecule has 4 saturated heterocycles. The van der Waals surface area contributed by atoms with Crippen LogP contribution in [0.4, 0.5) is 4.79 Å². The minimum Gasteiger partial charge on any atom is -0.355 e. The predicted octanol–water partition coefficient (Wildman–Crippen LogP) is 1.01. The first-order valence-corrected chi connectivity index (χ1v) is 14.5. The van der Waals surface area contributed by atoms with Gasteiger partial charge >= 0.3 is 6.03 Å². The van der Waals surface area contributed by atoms with Crippen LogP contribution in [0.1, 0.15) is 44.9 Å². The van der Waals surface area contributed by atoms with Crippen LogP contribution in [0.3, 0.4) is 0 Å². The van der Waals surface area contributed by atoms with Gasteiger partial charge in [-0.2, -0.15) is 11.8 Å². The maximum Gasteiger partial charge on any atom is 0.315 e. The summed E-state index contributed by atoms with van der Waals surface area (Å²) in [5, 5.41) is 9.54. The van der Waals surface area contributed by atoms with Crippen molar-refractivity contribution < 1.29 is 14.4 Å². The van der Waals surface area contributed by atoms with Gasteiger partial charge in [-0.05, 0) is 32.1 Å². The number of rotatable bonds is 11. The molecule has 0 spiro atoms. The highest BCUT2D eigenvalue weighted by molar-refractivity contribution is 8.00. The van der Waals surface area contributed by atoms with Gasteiger partial charge in [-0.3, -0.25) is 19.4 Å². The third-order valence-corrected chi connectivity index (χ3v) is 9.10. The Labute approximate surface area is 213 Å². The molecule has 0 aromatic heterocycles. The van der Waals surface area contributed by atoms with Gasteiger partial charge in [-0.25, -0.2) is 4.79 Å². The molecule has 3 atom stereocenters. The van der Waals surface area contributed by atoms with Crippen LogP contribution in [-0.4, -0.2) is 115 Å². The average molecular weight is 507 g/mol. The number of nitrogens with one attached hydrogen (secondary N) is 3. The molecular weight excluding hydrogens is 464 g/mol. The van der Waals surface area contributed by atoms with Crippen molar-refractivity contribution in [2.45, 2.75) is 62.3 Å². The summed E-state index contributed by atoms with van der Waals surface area (Å²) in [5.74, 6) is 1.28. The summed E-state index contributed by atoms with van der Waals surface area (Å²) in [6, 6.07) is 0.482. The van der Waals surface area contributed by atoms with E-state index in [-0.39, 0.29) is 29.9 Å². The number of likely N-dealkylation sites (tertiary alicyclic amines) is 1. The first kappa shape index (κ1) is 26.3. The van der Waals surface area contributed by atoms with Gasteiger partial charge in [0.15, 0.2) is 0 Å². The van der Waals surface area contributed by atoms with Crippen molar-refractivity contribution in [2.75, 3.05) is 64.7 Å². The number of thioether (sulfide) groups is 1. The molecule has 4 amide bonds. The Morgan fingerprint density at radius 3 is 2.57 bits per heavy atom. The van der Waals surface area contributed by atoms with Crippen LogP contribution >= 0.6 is 11.8 Å². The Morgan fingerprint density at radius 1 is 1.00 bits per heavy atom. The summed E-state index contributed by atoms with van der Waals surface area (Å²) in [5.41, 5.74) is 0. The molecule has 9 nitrogen and oxygen atoms in total.